The van der Waals surface area contributed by atoms with Crippen molar-refractivity contribution in [2.45, 2.75) is 104 Å². The van der Waals surface area contributed by atoms with Crippen molar-refractivity contribution in [3.63, 3.8) is 0 Å². The van der Waals surface area contributed by atoms with Crippen LogP contribution in [0.25, 0.3) is 0 Å². The molecule has 3 unspecified atom stereocenters. The minimum Gasteiger partial charge on any atom is -0.472 e. The first kappa shape index (κ1) is 23.5. The lowest BCUT2D eigenvalue weighted by atomic mass is 9.34. The number of epoxide rings is 1. The van der Waals surface area contributed by atoms with E-state index in [0.717, 1.165) is 31.2 Å². The number of esters is 2. The van der Waals surface area contributed by atoms with Gasteiger partial charge >= 0.3 is 11.9 Å². The summed E-state index contributed by atoms with van der Waals surface area (Å²) in [5.41, 5.74) is -1.42. The summed E-state index contributed by atoms with van der Waals surface area (Å²) in [5, 5.41) is 11.0. The molecule has 35 heavy (non-hydrogen) atoms. The van der Waals surface area contributed by atoms with Gasteiger partial charge < -0.3 is 23.7 Å². The Morgan fingerprint density at radius 1 is 1.09 bits per heavy atom. The minimum atomic E-state index is -0.797. The highest BCUT2D eigenvalue weighted by atomic mass is 16.7. The fraction of sp³-hybridized carbons (Fsp3) is 0.786. The Hall–Kier alpha value is -1.86. The van der Waals surface area contributed by atoms with E-state index in [2.05, 4.69) is 34.6 Å². The van der Waals surface area contributed by atoms with E-state index in [0.29, 0.717) is 6.42 Å². The van der Waals surface area contributed by atoms with Crippen LogP contribution in [0.2, 0.25) is 0 Å². The van der Waals surface area contributed by atoms with Gasteiger partial charge in [0.1, 0.15) is 17.8 Å². The average molecular weight is 487 g/mol. The van der Waals surface area contributed by atoms with E-state index >= 15 is 0 Å². The van der Waals surface area contributed by atoms with Gasteiger partial charge in [-0.1, -0.05) is 34.6 Å². The average Bonchev–Trinajstić information content (AvgIpc) is 3.35. The minimum absolute atomic E-state index is 0.0762. The molecule has 0 aromatic carbocycles. The number of furan rings is 1. The predicted octanol–water partition coefficient (Wildman–Crippen LogP) is 4.58. The second-order valence-electron chi connectivity index (χ2n) is 13.2. The summed E-state index contributed by atoms with van der Waals surface area (Å²) in [6.45, 7) is 12.5. The number of cyclic esters (lactones) is 1. The standard InChI is InChI=1S/C28H38O7/c1-15(29)33-20-13-18-24(2,3)19(30)8-10-25(18,4)17-7-11-26(5)21(16-9-12-32-14-16)34-23(31)22-28(26,35-22)27(17,20)6/h9,12,14,17-22,30H,7-8,10-11,13H2,1-6H3/t17?,18?,19-,20?,21-,22+,25+,26-,27-,28+/m0/s1. The van der Waals surface area contributed by atoms with Gasteiger partial charge in [-0.3, -0.25) is 4.79 Å². The van der Waals surface area contributed by atoms with Gasteiger partial charge in [-0.05, 0) is 60.8 Å². The van der Waals surface area contributed by atoms with Crippen LogP contribution < -0.4 is 0 Å². The van der Waals surface area contributed by atoms with Crippen LogP contribution in [0, 0.1) is 33.5 Å². The van der Waals surface area contributed by atoms with Crippen molar-refractivity contribution in [2.24, 2.45) is 33.5 Å². The molecule has 2 saturated heterocycles. The quantitative estimate of drug-likeness (QED) is 0.483. The first-order chi connectivity index (χ1) is 16.3. The van der Waals surface area contributed by atoms with Gasteiger partial charge in [-0.25, -0.2) is 4.79 Å². The van der Waals surface area contributed by atoms with E-state index in [-0.39, 0.29) is 34.6 Å². The maximum Gasteiger partial charge on any atom is 0.339 e. The highest BCUT2D eigenvalue weighted by Gasteiger charge is 2.88. The highest BCUT2D eigenvalue weighted by molar-refractivity contribution is 5.82. The summed E-state index contributed by atoms with van der Waals surface area (Å²) < 4.78 is 24.1. The molecule has 1 aromatic rings. The smallest absolute Gasteiger partial charge is 0.339 e. The Morgan fingerprint density at radius 3 is 2.49 bits per heavy atom. The summed E-state index contributed by atoms with van der Waals surface area (Å²) in [6.07, 6.45) is 5.33. The van der Waals surface area contributed by atoms with Crippen molar-refractivity contribution >= 4 is 11.9 Å². The molecule has 1 N–H and O–H groups in total. The van der Waals surface area contributed by atoms with Crippen LogP contribution in [-0.4, -0.2) is 41.0 Å². The second-order valence-corrected chi connectivity index (χ2v) is 13.2. The third-order valence-corrected chi connectivity index (χ3v) is 11.5. The van der Waals surface area contributed by atoms with Crippen LogP contribution in [-0.2, 0) is 23.8 Å². The fourth-order valence-corrected chi connectivity index (χ4v) is 9.88. The van der Waals surface area contributed by atoms with Gasteiger partial charge in [0, 0.05) is 23.3 Å². The van der Waals surface area contributed by atoms with Gasteiger partial charge in [0.25, 0.3) is 0 Å². The van der Waals surface area contributed by atoms with Crippen molar-refractivity contribution in [2.75, 3.05) is 0 Å². The van der Waals surface area contributed by atoms with E-state index in [9.17, 15) is 14.7 Å². The molecule has 0 radical (unpaired) electrons. The number of ether oxygens (including phenoxy) is 3. The number of hydrogen-bond donors (Lipinski definition) is 1. The molecule has 1 spiro atoms. The first-order valence-corrected chi connectivity index (χ1v) is 13.1. The Bertz CT molecular complexity index is 1060. The van der Waals surface area contributed by atoms with E-state index in [1.807, 2.05) is 6.07 Å². The first-order valence-electron chi connectivity index (χ1n) is 13.1. The van der Waals surface area contributed by atoms with Crippen LogP contribution >= 0.6 is 0 Å². The van der Waals surface area contributed by atoms with E-state index < -0.39 is 40.8 Å². The van der Waals surface area contributed by atoms with Crippen LogP contribution in [0.5, 0.6) is 0 Å². The number of aliphatic hydroxyl groups is 1. The van der Waals surface area contributed by atoms with Crippen molar-refractivity contribution in [1.82, 2.24) is 0 Å². The van der Waals surface area contributed by atoms with E-state index in [1.165, 1.54) is 6.92 Å². The molecule has 3 heterocycles. The van der Waals surface area contributed by atoms with E-state index in [1.54, 1.807) is 12.5 Å². The van der Waals surface area contributed by atoms with E-state index in [4.69, 9.17) is 18.6 Å². The number of carbonyl (C=O) groups excluding carboxylic acids is 2. The van der Waals surface area contributed by atoms with Gasteiger partial charge in [-0.15, -0.1) is 0 Å². The Labute approximate surface area is 206 Å². The molecular formula is C28H38O7. The Morgan fingerprint density at radius 2 is 1.83 bits per heavy atom. The summed E-state index contributed by atoms with van der Waals surface area (Å²) in [7, 11) is 0. The maximum absolute atomic E-state index is 13.3. The van der Waals surface area contributed by atoms with Crippen LogP contribution in [0.1, 0.15) is 85.3 Å². The second kappa shape index (κ2) is 6.91. The zero-order valence-corrected chi connectivity index (χ0v) is 21.6. The molecule has 6 rings (SSSR count). The fourth-order valence-electron chi connectivity index (χ4n) is 9.88. The lowest BCUT2D eigenvalue weighted by Gasteiger charge is -2.70. The summed E-state index contributed by atoms with van der Waals surface area (Å²) in [6, 6.07) is 1.86. The van der Waals surface area contributed by atoms with Crippen molar-refractivity contribution < 1.29 is 33.3 Å². The number of carbonyl (C=O) groups is 2. The maximum atomic E-state index is 13.3. The van der Waals surface area contributed by atoms with Crippen molar-refractivity contribution in [1.29, 1.82) is 0 Å². The highest BCUT2D eigenvalue weighted by Crippen LogP contribution is 2.80. The van der Waals surface area contributed by atoms with Crippen LogP contribution in [0.4, 0.5) is 0 Å². The molecule has 0 amide bonds. The molecule has 5 fully saturated rings. The monoisotopic (exact) mass is 486 g/mol. The zero-order valence-electron chi connectivity index (χ0n) is 21.6. The molecule has 0 bridgehead atoms. The molecular weight excluding hydrogens is 448 g/mol. The molecule has 3 saturated carbocycles. The van der Waals surface area contributed by atoms with Gasteiger partial charge in [0.05, 0.1) is 18.6 Å². The molecule has 10 atom stereocenters. The predicted molar refractivity (Wildman–Crippen MR) is 125 cm³/mol. The summed E-state index contributed by atoms with van der Waals surface area (Å²) in [4.78, 5) is 25.7. The lowest BCUT2D eigenvalue weighted by Crippen LogP contribution is -2.73. The number of fused-ring (bicyclic) bond motifs is 3. The summed E-state index contributed by atoms with van der Waals surface area (Å²) in [5.74, 6) is -0.319. The Balaban J connectivity index is 1.53. The van der Waals surface area contributed by atoms with Crippen molar-refractivity contribution in [3.05, 3.63) is 24.2 Å². The number of rotatable bonds is 2. The molecule has 3 aliphatic carbocycles. The van der Waals surface area contributed by atoms with Gasteiger partial charge in [0.15, 0.2) is 6.10 Å². The molecule has 7 heteroatoms. The zero-order chi connectivity index (χ0) is 25.2. The Kier molecular flexibility index (Phi) is 4.65. The third-order valence-electron chi connectivity index (χ3n) is 11.5. The molecule has 1 aromatic heterocycles. The van der Waals surface area contributed by atoms with Gasteiger partial charge in [0.2, 0.25) is 0 Å². The number of aliphatic hydroxyl groups excluding tert-OH is 1. The summed E-state index contributed by atoms with van der Waals surface area (Å²) >= 11 is 0. The molecule has 7 nitrogen and oxygen atoms in total. The number of hydrogen-bond acceptors (Lipinski definition) is 7. The molecule has 192 valence electrons. The SMILES string of the molecule is CC(=O)OC1CC2C(C)(C)[C@@H](O)CC[C@]2(C)C2CC[C@@]3(C)[C@H](c4ccoc4)OC(=O)[C@H]4O[C@]43[C@]12C. The lowest BCUT2D eigenvalue weighted by molar-refractivity contribution is -0.275. The normalized spacial score (nSPS) is 51.7. The van der Waals surface area contributed by atoms with Crippen LogP contribution in [0.15, 0.2) is 23.0 Å². The largest absolute Gasteiger partial charge is 0.472 e. The van der Waals surface area contributed by atoms with Crippen molar-refractivity contribution in [3.8, 4) is 0 Å². The molecule has 5 aliphatic rings. The third kappa shape index (κ3) is 2.59. The van der Waals surface area contributed by atoms with Crippen LogP contribution in [0.3, 0.4) is 0 Å². The molecule has 2 aliphatic heterocycles. The van der Waals surface area contributed by atoms with Gasteiger partial charge in [-0.2, -0.15) is 0 Å². The topological polar surface area (TPSA) is 98.5 Å².